The first-order valence-corrected chi connectivity index (χ1v) is 6.38. The molecule has 4 aromatic rings. The molecular weight excluding hydrogens is 274 g/mol. The molecule has 0 aliphatic rings. The molecule has 0 N–H and O–H groups in total. The van der Waals surface area contributed by atoms with E-state index in [0.29, 0.717) is 16.4 Å². The standard InChI is InChI=1S/C17H8F2O2/c18-10-6-4-9-5-7-14-15(11(9)8-10)17(20)16-12(19)2-1-3-13(16)21-14/h1-8H. The Hall–Kier alpha value is -2.75. The fraction of sp³-hybridized carbons (Fsp3) is 0. The Labute approximate surface area is 117 Å². The molecule has 0 unspecified atom stereocenters. The zero-order valence-corrected chi connectivity index (χ0v) is 10.7. The summed E-state index contributed by atoms with van der Waals surface area (Å²) in [5.41, 5.74) is 0.0139. The van der Waals surface area contributed by atoms with Gasteiger partial charge in [0.2, 0.25) is 5.43 Å². The quantitative estimate of drug-likeness (QED) is 0.354. The molecule has 0 saturated carbocycles. The Morgan fingerprint density at radius 1 is 0.857 bits per heavy atom. The highest BCUT2D eigenvalue weighted by Crippen LogP contribution is 2.27. The summed E-state index contributed by atoms with van der Waals surface area (Å²) in [7, 11) is 0. The number of fused-ring (bicyclic) bond motifs is 4. The third-order valence-corrected chi connectivity index (χ3v) is 3.59. The topological polar surface area (TPSA) is 30.2 Å². The molecule has 1 aromatic heterocycles. The van der Waals surface area contributed by atoms with Crippen LogP contribution < -0.4 is 5.43 Å². The molecule has 2 nitrogen and oxygen atoms in total. The Kier molecular flexibility index (Phi) is 2.36. The zero-order chi connectivity index (χ0) is 14.6. The molecule has 0 atom stereocenters. The Morgan fingerprint density at radius 2 is 1.62 bits per heavy atom. The van der Waals surface area contributed by atoms with E-state index in [2.05, 4.69) is 0 Å². The van der Waals surface area contributed by atoms with Crippen LogP contribution in [0, 0.1) is 11.6 Å². The van der Waals surface area contributed by atoms with E-state index in [4.69, 9.17) is 4.42 Å². The van der Waals surface area contributed by atoms with Crippen LogP contribution in [-0.4, -0.2) is 0 Å². The molecule has 0 fully saturated rings. The van der Waals surface area contributed by atoms with Crippen molar-refractivity contribution < 1.29 is 13.2 Å². The van der Waals surface area contributed by atoms with Crippen molar-refractivity contribution in [3.63, 3.8) is 0 Å². The summed E-state index contributed by atoms with van der Waals surface area (Å²) in [4.78, 5) is 12.6. The predicted molar refractivity (Wildman–Crippen MR) is 77.4 cm³/mol. The van der Waals surface area contributed by atoms with Crippen molar-refractivity contribution in [3.05, 3.63) is 70.4 Å². The van der Waals surface area contributed by atoms with Crippen LogP contribution in [0.1, 0.15) is 0 Å². The molecule has 4 heteroatoms. The highest BCUT2D eigenvalue weighted by Gasteiger charge is 2.14. The SMILES string of the molecule is O=c1c2c(F)cccc2oc2ccc3ccc(F)cc3c12. The summed E-state index contributed by atoms with van der Waals surface area (Å²) in [6, 6.07) is 11.8. The first-order valence-electron chi connectivity index (χ1n) is 6.38. The van der Waals surface area contributed by atoms with Gasteiger partial charge in [-0.25, -0.2) is 8.78 Å². The van der Waals surface area contributed by atoms with Crippen LogP contribution in [-0.2, 0) is 0 Å². The average molecular weight is 282 g/mol. The first-order chi connectivity index (χ1) is 10.1. The van der Waals surface area contributed by atoms with Gasteiger partial charge in [-0.1, -0.05) is 18.2 Å². The van der Waals surface area contributed by atoms with Crippen molar-refractivity contribution >= 4 is 32.7 Å². The number of hydrogen-bond donors (Lipinski definition) is 0. The van der Waals surface area contributed by atoms with Gasteiger partial charge in [0.15, 0.2) is 0 Å². The monoisotopic (exact) mass is 282 g/mol. The largest absolute Gasteiger partial charge is 0.456 e. The van der Waals surface area contributed by atoms with E-state index in [9.17, 15) is 13.6 Å². The van der Waals surface area contributed by atoms with Crippen LogP contribution in [0.25, 0.3) is 32.7 Å². The minimum Gasteiger partial charge on any atom is -0.456 e. The van der Waals surface area contributed by atoms with E-state index >= 15 is 0 Å². The minimum atomic E-state index is -0.642. The van der Waals surface area contributed by atoms with E-state index in [1.54, 1.807) is 18.2 Å². The van der Waals surface area contributed by atoms with Gasteiger partial charge in [0, 0.05) is 0 Å². The maximum Gasteiger partial charge on any atom is 0.204 e. The van der Waals surface area contributed by atoms with E-state index in [-0.39, 0.29) is 16.4 Å². The van der Waals surface area contributed by atoms with Gasteiger partial charge >= 0.3 is 0 Å². The lowest BCUT2D eigenvalue weighted by atomic mass is 10.0. The molecule has 0 spiro atoms. The van der Waals surface area contributed by atoms with Crippen molar-refractivity contribution in [3.8, 4) is 0 Å². The lowest BCUT2D eigenvalue weighted by molar-refractivity contribution is 0.625. The van der Waals surface area contributed by atoms with Gasteiger partial charge in [0.25, 0.3) is 0 Å². The van der Waals surface area contributed by atoms with Crippen molar-refractivity contribution in [1.29, 1.82) is 0 Å². The van der Waals surface area contributed by atoms with Crippen LogP contribution in [0.4, 0.5) is 8.78 Å². The maximum absolute atomic E-state index is 13.9. The molecule has 21 heavy (non-hydrogen) atoms. The number of rotatable bonds is 0. The van der Waals surface area contributed by atoms with E-state index in [1.807, 2.05) is 0 Å². The van der Waals surface area contributed by atoms with Crippen molar-refractivity contribution in [2.45, 2.75) is 0 Å². The van der Waals surface area contributed by atoms with Crippen LogP contribution in [0.3, 0.4) is 0 Å². The Bertz CT molecular complexity index is 1080. The predicted octanol–water partition coefficient (Wildman–Crippen LogP) is 4.38. The van der Waals surface area contributed by atoms with Gasteiger partial charge in [-0.05, 0) is 41.1 Å². The molecule has 0 radical (unpaired) electrons. The normalized spacial score (nSPS) is 11.5. The summed E-state index contributed by atoms with van der Waals surface area (Å²) >= 11 is 0. The Balaban J connectivity index is 2.36. The third-order valence-electron chi connectivity index (χ3n) is 3.59. The summed E-state index contributed by atoms with van der Waals surface area (Å²) in [5, 5.41) is 1.21. The second-order valence-electron chi connectivity index (χ2n) is 4.85. The van der Waals surface area contributed by atoms with Crippen LogP contribution >= 0.6 is 0 Å². The van der Waals surface area contributed by atoms with E-state index in [0.717, 1.165) is 0 Å². The van der Waals surface area contributed by atoms with Gasteiger partial charge in [-0.15, -0.1) is 0 Å². The Morgan fingerprint density at radius 3 is 2.48 bits per heavy atom. The van der Waals surface area contributed by atoms with Gasteiger partial charge < -0.3 is 4.42 Å². The van der Waals surface area contributed by atoms with E-state index in [1.165, 1.54) is 30.3 Å². The minimum absolute atomic E-state index is 0.109. The van der Waals surface area contributed by atoms with Crippen LogP contribution in [0.2, 0.25) is 0 Å². The van der Waals surface area contributed by atoms with Crippen LogP contribution in [0.5, 0.6) is 0 Å². The summed E-state index contributed by atoms with van der Waals surface area (Å²) in [6.45, 7) is 0. The molecular formula is C17H8F2O2. The van der Waals surface area contributed by atoms with Gasteiger partial charge in [0.1, 0.15) is 28.2 Å². The fourth-order valence-corrected chi connectivity index (χ4v) is 2.64. The number of benzene rings is 3. The highest BCUT2D eigenvalue weighted by molar-refractivity contribution is 6.08. The fourth-order valence-electron chi connectivity index (χ4n) is 2.64. The number of halogens is 2. The number of hydrogen-bond acceptors (Lipinski definition) is 2. The molecule has 0 aliphatic carbocycles. The van der Waals surface area contributed by atoms with Crippen molar-refractivity contribution in [2.24, 2.45) is 0 Å². The van der Waals surface area contributed by atoms with Gasteiger partial charge in [0.05, 0.1) is 5.39 Å². The second-order valence-corrected chi connectivity index (χ2v) is 4.85. The maximum atomic E-state index is 13.9. The van der Waals surface area contributed by atoms with Crippen molar-refractivity contribution in [2.75, 3.05) is 0 Å². The van der Waals surface area contributed by atoms with Crippen LogP contribution in [0.15, 0.2) is 57.7 Å². The smallest absolute Gasteiger partial charge is 0.204 e. The molecule has 4 rings (SSSR count). The zero-order valence-electron chi connectivity index (χ0n) is 10.7. The third kappa shape index (κ3) is 1.65. The molecule has 0 bridgehead atoms. The van der Waals surface area contributed by atoms with Crippen molar-refractivity contribution in [1.82, 2.24) is 0 Å². The summed E-state index contributed by atoms with van der Waals surface area (Å²) < 4.78 is 33.0. The molecule has 0 amide bonds. The van der Waals surface area contributed by atoms with E-state index < -0.39 is 17.1 Å². The first kappa shape index (κ1) is 12.0. The lowest BCUT2D eigenvalue weighted by Gasteiger charge is -2.05. The van der Waals surface area contributed by atoms with Gasteiger partial charge in [-0.3, -0.25) is 4.79 Å². The molecule has 102 valence electrons. The molecule has 0 saturated heterocycles. The molecule has 0 aliphatic heterocycles. The highest BCUT2D eigenvalue weighted by atomic mass is 19.1. The summed E-state index contributed by atoms with van der Waals surface area (Å²) in [6.07, 6.45) is 0. The average Bonchev–Trinajstić information content (AvgIpc) is 2.46. The van der Waals surface area contributed by atoms with Gasteiger partial charge in [-0.2, -0.15) is 0 Å². The lowest BCUT2D eigenvalue weighted by Crippen LogP contribution is -2.05. The summed E-state index contributed by atoms with van der Waals surface area (Å²) in [5.74, 6) is -1.10. The second kappa shape index (κ2) is 4.12. The molecule has 1 heterocycles. The molecule has 3 aromatic carbocycles.